The molecule has 1 amide bonds. The van der Waals surface area contributed by atoms with Gasteiger partial charge in [0, 0.05) is 17.4 Å². The SMILES string of the molecule is CCOC(=O)c1c(-c2ccc(CC)cc2)csc1NC(=O)CCCOc1ccccc1. The van der Waals surface area contributed by atoms with Gasteiger partial charge in [0.1, 0.15) is 16.3 Å². The van der Waals surface area contributed by atoms with Crippen molar-refractivity contribution in [2.45, 2.75) is 33.1 Å². The molecule has 0 saturated carbocycles. The third-order valence-electron chi connectivity index (χ3n) is 4.76. The Labute approximate surface area is 187 Å². The lowest BCUT2D eigenvalue weighted by atomic mass is 10.0. The number of ether oxygens (including phenoxy) is 2. The van der Waals surface area contributed by atoms with Crippen LogP contribution in [-0.2, 0) is 16.0 Å². The van der Waals surface area contributed by atoms with E-state index in [-0.39, 0.29) is 12.5 Å². The van der Waals surface area contributed by atoms with Crippen LogP contribution in [0, 0.1) is 0 Å². The molecule has 0 fully saturated rings. The van der Waals surface area contributed by atoms with Gasteiger partial charge in [0.05, 0.1) is 13.2 Å². The summed E-state index contributed by atoms with van der Waals surface area (Å²) in [7, 11) is 0. The second kappa shape index (κ2) is 11.3. The topological polar surface area (TPSA) is 64.6 Å². The largest absolute Gasteiger partial charge is 0.494 e. The number of rotatable bonds is 10. The molecule has 3 rings (SSSR count). The standard InChI is InChI=1S/C25H27NO4S/c1-3-18-12-14-19(15-13-18)21-17-31-24(23(21)25(28)29-4-2)26-22(27)11-8-16-30-20-9-6-5-7-10-20/h5-7,9-10,12-15,17H,3-4,8,11,16H2,1-2H3,(H,26,27). The number of thiophene rings is 1. The van der Waals surface area contributed by atoms with Crippen molar-refractivity contribution in [3.05, 3.63) is 71.1 Å². The number of amides is 1. The fourth-order valence-electron chi connectivity index (χ4n) is 3.12. The summed E-state index contributed by atoms with van der Waals surface area (Å²) in [5.74, 6) is 0.197. The van der Waals surface area contributed by atoms with E-state index in [4.69, 9.17) is 9.47 Å². The minimum Gasteiger partial charge on any atom is -0.494 e. The number of esters is 1. The number of carbonyl (C=O) groups excluding carboxylic acids is 2. The monoisotopic (exact) mass is 437 g/mol. The van der Waals surface area contributed by atoms with E-state index in [1.165, 1.54) is 16.9 Å². The van der Waals surface area contributed by atoms with Crippen molar-refractivity contribution in [1.82, 2.24) is 0 Å². The average Bonchev–Trinajstić information content (AvgIpc) is 3.21. The Hall–Kier alpha value is -3.12. The van der Waals surface area contributed by atoms with Crippen LogP contribution in [0.2, 0.25) is 0 Å². The Morgan fingerprint density at radius 1 is 1.00 bits per heavy atom. The highest BCUT2D eigenvalue weighted by atomic mass is 32.1. The average molecular weight is 438 g/mol. The summed E-state index contributed by atoms with van der Waals surface area (Å²) in [5, 5.41) is 5.29. The Bertz CT molecular complexity index is 996. The number of hydrogen-bond acceptors (Lipinski definition) is 5. The molecule has 5 nitrogen and oxygen atoms in total. The van der Waals surface area contributed by atoms with E-state index in [1.54, 1.807) is 6.92 Å². The lowest BCUT2D eigenvalue weighted by molar-refractivity contribution is -0.116. The van der Waals surface area contributed by atoms with E-state index < -0.39 is 5.97 Å². The summed E-state index contributed by atoms with van der Waals surface area (Å²) in [4.78, 5) is 25.1. The molecule has 3 aromatic rings. The summed E-state index contributed by atoms with van der Waals surface area (Å²) >= 11 is 1.34. The molecule has 1 aromatic heterocycles. The van der Waals surface area contributed by atoms with Crippen molar-refractivity contribution in [2.24, 2.45) is 0 Å². The fraction of sp³-hybridized carbons (Fsp3) is 0.280. The summed E-state index contributed by atoms with van der Waals surface area (Å²) < 4.78 is 10.9. The molecular formula is C25H27NO4S. The van der Waals surface area contributed by atoms with Crippen LogP contribution in [0.3, 0.4) is 0 Å². The van der Waals surface area contributed by atoms with Crippen molar-refractivity contribution >= 4 is 28.2 Å². The smallest absolute Gasteiger partial charge is 0.341 e. The molecule has 31 heavy (non-hydrogen) atoms. The first-order valence-corrected chi connectivity index (χ1v) is 11.4. The maximum Gasteiger partial charge on any atom is 0.341 e. The molecule has 0 saturated heterocycles. The van der Waals surface area contributed by atoms with Crippen LogP contribution >= 0.6 is 11.3 Å². The molecule has 0 aliphatic rings. The maximum absolute atomic E-state index is 12.7. The third-order valence-corrected chi connectivity index (χ3v) is 5.65. The second-order valence-corrected chi connectivity index (χ2v) is 7.82. The van der Waals surface area contributed by atoms with E-state index in [2.05, 4.69) is 12.2 Å². The van der Waals surface area contributed by atoms with E-state index in [0.29, 0.717) is 30.0 Å². The Morgan fingerprint density at radius 2 is 1.74 bits per heavy atom. The van der Waals surface area contributed by atoms with Crippen LogP contribution in [0.5, 0.6) is 5.75 Å². The quantitative estimate of drug-likeness (QED) is 0.314. The molecule has 0 aliphatic heterocycles. The number of benzene rings is 2. The van der Waals surface area contributed by atoms with Crippen molar-refractivity contribution < 1.29 is 19.1 Å². The van der Waals surface area contributed by atoms with Gasteiger partial charge in [-0.05, 0) is 43.0 Å². The molecule has 0 atom stereocenters. The molecule has 0 aliphatic carbocycles. The van der Waals surface area contributed by atoms with E-state index in [0.717, 1.165) is 23.3 Å². The van der Waals surface area contributed by atoms with Gasteiger partial charge in [0.2, 0.25) is 5.91 Å². The zero-order chi connectivity index (χ0) is 22.1. The molecule has 2 aromatic carbocycles. The van der Waals surface area contributed by atoms with Crippen LogP contribution in [0.15, 0.2) is 60.0 Å². The molecule has 0 radical (unpaired) electrons. The van der Waals surface area contributed by atoms with Crippen molar-refractivity contribution in [1.29, 1.82) is 0 Å². The number of anilines is 1. The first kappa shape index (κ1) is 22.6. The van der Waals surface area contributed by atoms with Gasteiger partial charge in [0.15, 0.2) is 0 Å². The highest BCUT2D eigenvalue weighted by Gasteiger charge is 2.22. The van der Waals surface area contributed by atoms with Gasteiger partial charge in [-0.2, -0.15) is 0 Å². The maximum atomic E-state index is 12.7. The van der Waals surface area contributed by atoms with Crippen molar-refractivity contribution in [2.75, 3.05) is 18.5 Å². The van der Waals surface area contributed by atoms with Crippen LogP contribution < -0.4 is 10.1 Å². The second-order valence-electron chi connectivity index (χ2n) is 6.94. The lowest BCUT2D eigenvalue weighted by Crippen LogP contribution is -2.15. The van der Waals surface area contributed by atoms with Crippen molar-refractivity contribution in [3.8, 4) is 16.9 Å². The van der Waals surface area contributed by atoms with Gasteiger partial charge in [-0.15, -0.1) is 11.3 Å². The molecule has 6 heteroatoms. The summed E-state index contributed by atoms with van der Waals surface area (Å²) in [6.07, 6.45) is 1.82. The highest BCUT2D eigenvalue weighted by Crippen LogP contribution is 2.36. The summed E-state index contributed by atoms with van der Waals surface area (Å²) in [5.41, 5.74) is 3.33. The lowest BCUT2D eigenvalue weighted by Gasteiger charge is -2.10. The third kappa shape index (κ3) is 6.18. The predicted molar refractivity (Wildman–Crippen MR) is 125 cm³/mol. The first-order chi connectivity index (χ1) is 15.1. The highest BCUT2D eigenvalue weighted by molar-refractivity contribution is 7.15. The number of nitrogens with one attached hydrogen (secondary N) is 1. The number of hydrogen-bond donors (Lipinski definition) is 1. The zero-order valence-electron chi connectivity index (χ0n) is 17.9. The van der Waals surface area contributed by atoms with Gasteiger partial charge >= 0.3 is 5.97 Å². The Balaban J connectivity index is 1.67. The Morgan fingerprint density at radius 3 is 2.42 bits per heavy atom. The van der Waals surface area contributed by atoms with Crippen LogP contribution in [0.4, 0.5) is 5.00 Å². The number of aryl methyl sites for hydroxylation is 1. The molecule has 0 spiro atoms. The molecule has 162 valence electrons. The van der Waals surface area contributed by atoms with Gasteiger partial charge < -0.3 is 14.8 Å². The first-order valence-electron chi connectivity index (χ1n) is 10.5. The molecule has 1 heterocycles. The van der Waals surface area contributed by atoms with E-state index in [1.807, 2.05) is 60.0 Å². The van der Waals surface area contributed by atoms with Crippen LogP contribution in [-0.4, -0.2) is 25.1 Å². The van der Waals surface area contributed by atoms with Gasteiger partial charge in [-0.1, -0.05) is 49.4 Å². The fourth-order valence-corrected chi connectivity index (χ4v) is 4.09. The molecule has 1 N–H and O–H groups in total. The van der Waals surface area contributed by atoms with Crippen LogP contribution in [0.25, 0.3) is 11.1 Å². The van der Waals surface area contributed by atoms with Crippen LogP contribution in [0.1, 0.15) is 42.6 Å². The Kier molecular flexibility index (Phi) is 8.24. The van der Waals surface area contributed by atoms with E-state index in [9.17, 15) is 9.59 Å². The minimum absolute atomic E-state index is 0.156. The van der Waals surface area contributed by atoms with Gasteiger partial charge in [-0.3, -0.25) is 4.79 Å². The van der Waals surface area contributed by atoms with Gasteiger partial charge in [-0.25, -0.2) is 4.79 Å². The molecular weight excluding hydrogens is 410 g/mol. The number of carbonyl (C=O) groups is 2. The number of para-hydroxylation sites is 1. The van der Waals surface area contributed by atoms with Crippen molar-refractivity contribution in [3.63, 3.8) is 0 Å². The minimum atomic E-state index is -0.430. The normalized spacial score (nSPS) is 10.5. The predicted octanol–water partition coefficient (Wildman–Crippen LogP) is 5.95. The molecule has 0 unspecified atom stereocenters. The summed E-state index contributed by atoms with van der Waals surface area (Å²) in [6, 6.07) is 17.6. The molecule has 0 bridgehead atoms. The summed E-state index contributed by atoms with van der Waals surface area (Å²) in [6.45, 7) is 4.59. The zero-order valence-corrected chi connectivity index (χ0v) is 18.7. The van der Waals surface area contributed by atoms with Gasteiger partial charge in [0.25, 0.3) is 0 Å². The van der Waals surface area contributed by atoms with E-state index >= 15 is 0 Å².